The van der Waals surface area contributed by atoms with Gasteiger partial charge >= 0.3 is 5.97 Å². The van der Waals surface area contributed by atoms with Gasteiger partial charge in [-0.3, -0.25) is 4.79 Å². The summed E-state index contributed by atoms with van der Waals surface area (Å²) >= 11 is 0. The minimum Gasteiger partial charge on any atom is -0.744 e. The molecule has 0 saturated carbocycles. The number of fused-ring (bicyclic) bond motifs is 3. The van der Waals surface area contributed by atoms with Crippen LogP contribution in [0.2, 0.25) is 0 Å². The highest BCUT2D eigenvalue weighted by Gasteiger charge is 2.48. The van der Waals surface area contributed by atoms with Gasteiger partial charge in [-0.2, -0.15) is 0 Å². The quantitative estimate of drug-likeness (QED) is 0.129. The molecule has 0 amide bonds. The van der Waals surface area contributed by atoms with E-state index in [9.17, 15) is 17.8 Å². The smallest absolute Gasteiger partial charge is 0.315 e. The molecule has 3 unspecified atom stereocenters. The van der Waals surface area contributed by atoms with Gasteiger partial charge in [0.15, 0.2) is 0 Å². The zero-order chi connectivity index (χ0) is 28.6. The predicted molar refractivity (Wildman–Crippen MR) is 159 cm³/mol. The summed E-state index contributed by atoms with van der Waals surface area (Å²) in [6.45, 7) is 5.29. The molecule has 3 aliphatic rings. The molecule has 2 bridgehead atoms. The first-order valence-corrected chi connectivity index (χ1v) is 15.4. The molecule has 3 atom stereocenters. The van der Waals surface area contributed by atoms with E-state index in [1.54, 1.807) is 13.0 Å². The molecule has 206 valence electrons. The number of rotatable bonds is 4. The summed E-state index contributed by atoms with van der Waals surface area (Å²) < 4.78 is 41.9. The number of carbonyl (C=O) groups excluding carboxylic acids is 1. The molecule has 5 nitrogen and oxygen atoms in total. The normalized spacial score (nSPS) is 19.4. The maximum absolute atomic E-state index is 14.1. The minimum absolute atomic E-state index is 0.0403. The number of hydrogen-bond acceptors (Lipinski definition) is 5. The fourth-order valence-corrected chi connectivity index (χ4v) is 8.08. The monoisotopic (exact) mass is 561 g/mol. The molecule has 8 rings (SSSR count). The second-order valence-corrected chi connectivity index (χ2v) is 13.0. The van der Waals surface area contributed by atoms with Crippen LogP contribution in [0.3, 0.4) is 0 Å². The van der Waals surface area contributed by atoms with Crippen LogP contribution in [0.5, 0.6) is 5.75 Å². The van der Waals surface area contributed by atoms with Crippen LogP contribution in [-0.4, -0.2) is 18.9 Å². The zero-order valence-corrected chi connectivity index (χ0v) is 23.9. The van der Waals surface area contributed by atoms with E-state index in [-0.39, 0.29) is 28.6 Å². The number of esters is 1. The molecule has 0 saturated heterocycles. The molecule has 5 aromatic carbocycles. The molecular formula is C35H29O5S-. The van der Waals surface area contributed by atoms with Crippen molar-refractivity contribution in [3.63, 3.8) is 0 Å². The second-order valence-electron chi connectivity index (χ2n) is 11.6. The Balaban J connectivity index is 1.37. The Bertz CT molecular complexity index is 2010. The van der Waals surface area contributed by atoms with Gasteiger partial charge in [0.1, 0.15) is 15.9 Å². The number of ether oxygens (including phenoxy) is 1. The molecule has 6 heteroatoms. The molecule has 3 aliphatic carbocycles. The number of benzene rings is 5. The molecule has 5 aromatic rings. The Kier molecular flexibility index (Phi) is 5.86. The number of carbonyl (C=O) groups is 1. The van der Waals surface area contributed by atoms with Gasteiger partial charge < -0.3 is 9.29 Å². The highest BCUT2D eigenvalue weighted by atomic mass is 32.2. The third-order valence-electron chi connectivity index (χ3n) is 8.98. The van der Waals surface area contributed by atoms with Crippen molar-refractivity contribution >= 4 is 37.6 Å². The van der Waals surface area contributed by atoms with Gasteiger partial charge in [0.2, 0.25) is 0 Å². The van der Waals surface area contributed by atoms with E-state index in [1.807, 2.05) is 26.0 Å². The molecule has 0 heterocycles. The van der Waals surface area contributed by atoms with Gasteiger partial charge in [-0.05, 0) is 86.3 Å². The first kappa shape index (κ1) is 25.9. The fourth-order valence-electron chi connectivity index (χ4n) is 7.17. The first-order chi connectivity index (χ1) is 19.6. The van der Waals surface area contributed by atoms with Crippen molar-refractivity contribution in [2.24, 2.45) is 5.92 Å². The summed E-state index contributed by atoms with van der Waals surface area (Å²) in [5.74, 6) is -0.844. The Labute approximate surface area is 239 Å². The van der Waals surface area contributed by atoms with E-state index in [0.717, 1.165) is 16.3 Å². The Morgan fingerprint density at radius 2 is 1.46 bits per heavy atom. The molecule has 0 aliphatic heterocycles. The van der Waals surface area contributed by atoms with Crippen LogP contribution in [0.4, 0.5) is 0 Å². The molecule has 0 spiro atoms. The van der Waals surface area contributed by atoms with Gasteiger partial charge in [-0.15, -0.1) is 0 Å². The van der Waals surface area contributed by atoms with Crippen molar-refractivity contribution < 1.29 is 22.5 Å². The van der Waals surface area contributed by atoms with Gasteiger partial charge in [-0.1, -0.05) is 86.6 Å². The van der Waals surface area contributed by atoms with Crippen molar-refractivity contribution in [1.82, 2.24) is 0 Å². The highest BCUT2D eigenvalue weighted by Crippen LogP contribution is 2.58. The Hall–Kier alpha value is -4.00. The summed E-state index contributed by atoms with van der Waals surface area (Å²) in [6.07, 6.45) is 0.624. The van der Waals surface area contributed by atoms with E-state index < -0.39 is 16.0 Å². The average molecular weight is 562 g/mol. The first-order valence-electron chi connectivity index (χ1n) is 14.0. The van der Waals surface area contributed by atoms with Gasteiger partial charge in [0.25, 0.3) is 0 Å². The lowest BCUT2D eigenvalue weighted by Crippen LogP contribution is -2.38. The van der Waals surface area contributed by atoms with E-state index >= 15 is 0 Å². The van der Waals surface area contributed by atoms with Crippen LogP contribution in [0.25, 0.3) is 21.5 Å². The highest BCUT2D eigenvalue weighted by molar-refractivity contribution is 7.85. The third-order valence-corrected chi connectivity index (χ3v) is 9.88. The summed E-state index contributed by atoms with van der Waals surface area (Å²) in [6, 6.07) is 28.3. The van der Waals surface area contributed by atoms with Gasteiger partial charge in [-0.25, -0.2) is 8.42 Å². The van der Waals surface area contributed by atoms with E-state index in [4.69, 9.17) is 4.74 Å². The molecular weight excluding hydrogens is 532 g/mol. The van der Waals surface area contributed by atoms with Crippen molar-refractivity contribution in [2.75, 3.05) is 0 Å². The zero-order valence-electron chi connectivity index (χ0n) is 23.0. The maximum atomic E-state index is 14.1. The topological polar surface area (TPSA) is 83.5 Å². The van der Waals surface area contributed by atoms with Crippen LogP contribution in [0.1, 0.15) is 71.4 Å². The summed E-state index contributed by atoms with van der Waals surface area (Å²) in [5.41, 5.74) is 5.71. The SMILES string of the molecule is Cc1cc(S(=O)(=O)[O-])c(C(C)C)cc1OC(=O)C1CC2c3ccc4ccccc4c3C1c1ccc3ccccc3c12. The minimum atomic E-state index is -4.67. The maximum Gasteiger partial charge on any atom is 0.315 e. The molecule has 0 fully saturated rings. The second kappa shape index (κ2) is 9.26. The van der Waals surface area contributed by atoms with Crippen LogP contribution in [0.15, 0.2) is 89.8 Å². The largest absolute Gasteiger partial charge is 0.744 e. The van der Waals surface area contributed by atoms with E-state index in [2.05, 4.69) is 60.7 Å². The Morgan fingerprint density at radius 3 is 2.10 bits per heavy atom. The van der Waals surface area contributed by atoms with E-state index in [0.29, 0.717) is 23.3 Å². The average Bonchev–Trinajstić information content (AvgIpc) is 2.96. The van der Waals surface area contributed by atoms with Crippen LogP contribution >= 0.6 is 0 Å². The summed E-state index contributed by atoms with van der Waals surface area (Å²) in [5, 5.41) is 4.70. The van der Waals surface area contributed by atoms with Crippen molar-refractivity contribution in [2.45, 2.75) is 49.8 Å². The lowest BCUT2D eigenvalue weighted by atomic mass is 9.57. The Morgan fingerprint density at radius 1 is 0.854 bits per heavy atom. The third kappa shape index (κ3) is 4.00. The van der Waals surface area contributed by atoms with Crippen molar-refractivity contribution in [1.29, 1.82) is 0 Å². The van der Waals surface area contributed by atoms with Crippen LogP contribution < -0.4 is 4.74 Å². The van der Waals surface area contributed by atoms with Gasteiger partial charge in [0.05, 0.1) is 10.8 Å². The van der Waals surface area contributed by atoms with Crippen molar-refractivity contribution in [3.05, 3.63) is 118 Å². The summed E-state index contributed by atoms with van der Waals surface area (Å²) in [4.78, 5) is 13.8. The predicted octanol–water partition coefficient (Wildman–Crippen LogP) is 7.53. The van der Waals surface area contributed by atoms with Crippen LogP contribution in [0, 0.1) is 12.8 Å². The lowest BCUT2D eigenvalue weighted by Gasteiger charge is -2.45. The van der Waals surface area contributed by atoms with Crippen LogP contribution in [-0.2, 0) is 14.9 Å². The van der Waals surface area contributed by atoms with Crippen molar-refractivity contribution in [3.8, 4) is 5.75 Å². The summed E-state index contributed by atoms with van der Waals surface area (Å²) in [7, 11) is -4.67. The van der Waals surface area contributed by atoms with Gasteiger partial charge in [0, 0.05) is 11.8 Å². The molecule has 0 N–H and O–H groups in total. The number of aryl methyl sites for hydroxylation is 1. The molecule has 0 aromatic heterocycles. The molecule has 0 radical (unpaired) electrons. The number of hydrogen-bond donors (Lipinski definition) is 0. The fraction of sp³-hybridized carbons (Fsp3) is 0.229. The standard InChI is InChI=1S/C35H30O5S/c1-19(2)27-18-30(20(3)16-31(27)41(37,38)39)40-35(36)29-17-28-25-14-12-22-9-5-7-11-24(22)33(25)34(29)26-15-13-21-8-4-6-10-23(21)32(26)28/h4-16,18-19,28-29,34H,17H2,1-3H3,(H,37,38,39)/p-1. The molecule has 41 heavy (non-hydrogen) atoms. The van der Waals surface area contributed by atoms with E-state index in [1.165, 1.54) is 33.5 Å². The lowest BCUT2D eigenvalue weighted by molar-refractivity contribution is -0.140.